The van der Waals surface area contributed by atoms with Crippen LogP contribution in [0.1, 0.15) is 55.4 Å². The SMILES string of the molecule is CCOC(=O)CNC1CCC2(CC1)O[C@H](c1ccccc1)c1ccccc12. The first-order valence-electron chi connectivity index (χ1n) is 9.93. The van der Waals surface area contributed by atoms with E-state index < -0.39 is 0 Å². The lowest BCUT2D eigenvalue weighted by atomic mass is 9.77. The summed E-state index contributed by atoms with van der Waals surface area (Å²) in [6.07, 6.45) is 3.93. The second-order valence-electron chi connectivity index (χ2n) is 7.45. The van der Waals surface area contributed by atoms with Crippen LogP contribution in [0.2, 0.25) is 0 Å². The molecule has 0 aromatic heterocycles. The van der Waals surface area contributed by atoms with Crippen LogP contribution in [-0.4, -0.2) is 25.2 Å². The van der Waals surface area contributed by atoms with E-state index in [1.165, 1.54) is 16.7 Å². The number of ether oxygens (including phenoxy) is 2. The Hall–Kier alpha value is -2.17. The minimum absolute atomic E-state index is 0.00596. The number of hydrogen-bond acceptors (Lipinski definition) is 4. The average molecular weight is 365 g/mol. The molecule has 27 heavy (non-hydrogen) atoms. The fourth-order valence-electron chi connectivity index (χ4n) is 4.48. The van der Waals surface area contributed by atoms with E-state index in [0.29, 0.717) is 12.6 Å². The Bertz CT molecular complexity index is 781. The number of carbonyl (C=O) groups is 1. The van der Waals surface area contributed by atoms with Crippen LogP contribution in [0.3, 0.4) is 0 Å². The fraction of sp³-hybridized carbons (Fsp3) is 0.435. The summed E-state index contributed by atoms with van der Waals surface area (Å²) in [5, 5.41) is 3.35. The van der Waals surface area contributed by atoms with Crippen LogP contribution in [0, 0.1) is 0 Å². The maximum atomic E-state index is 11.6. The molecule has 0 unspecified atom stereocenters. The van der Waals surface area contributed by atoms with E-state index in [4.69, 9.17) is 9.47 Å². The number of rotatable bonds is 5. The summed E-state index contributed by atoms with van der Waals surface area (Å²) in [6, 6.07) is 19.5. The van der Waals surface area contributed by atoms with Crippen LogP contribution in [0.5, 0.6) is 0 Å². The van der Waals surface area contributed by atoms with Gasteiger partial charge in [0.25, 0.3) is 0 Å². The first kappa shape index (κ1) is 18.2. The third-order valence-corrected chi connectivity index (χ3v) is 5.81. The minimum Gasteiger partial charge on any atom is -0.465 e. The van der Waals surface area contributed by atoms with Crippen LogP contribution in [-0.2, 0) is 19.9 Å². The van der Waals surface area contributed by atoms with E-state index in [2.05, 4.69) is 53.8 Å². The van der Waals surface area contributed by atoms with Crippen LogP contribution in [0.15, 0.2) is 54.6 Å². The van der Waals surface area contributed by atoms with Gasteiger partial charge in [0.05, 0.1) is 18.8 Å². The molecule has 0 bridgehead atoms. The van der Waals surface area contributed by atoms with Gasteiger partial charge < -0.3 is 14.8 Å². The summed E-state index contributed by atoms with van der Waals surface area (Å²) >= 11 is 0. The van der Waals surface area contributed by atoms with Gasteiger partial charge in [-0.2, -0.15) is 0 Å². The molecule has 1 N–H and O–H groups in total. The molecule has 1 aliphatic heterocycles. The number of hydrogen-bond donors (Lipinski definition) is 1. The first-order chi connectivity index (χ1) is 13.2. The van der Waals surface area contributed by atoms with Crippen molar-refractivity contribution in [2.75, 3.05) is 13.2 Å². The predicted octanol–water partition coefficient (Wildman–Crippen LogP) is 4.10. The van der Waals surface area contributed by atoms with Crippen molar-refractivity contribution in [3.05, 3.63) is 71.3 Å². The Labute approximate surface area is 160 Å². The van der Waals surface area contributed by atoms with Crippen molar-refractivity contribution in [2.24, 2.45) is 0 Å². The molecule has 1 heterocycles. The summed E-state index contributed by atoms with van der Waals surface area (Å²) in [7, 11) is 0. The third-order valence-electron chi connectivity index (χ3n) is 5.81. The number of esters is 1. The molecule has 0 saturated heterocycles. The maximum Gasteiger partial charge on any atom is 0.319 e. The lowest BCUT2D eigenvalue weighted by Gasteiger charge is -2.38. The van der Waals surface area contributed by atoms with Gasteiger partial charge in [-0.15, -0.1) is 0 Å². The molecule has 1 saturated carbocycles. The number of nitrogens with one attached hydrogen (secondary N) is 1. The van der Waals surface area contributed by atoms with Crippen LogP contribution in [0.25, 0.3) is 0 Å². The zero-order valence-corrected chi connectivity index (χ0v) is 15.8. The molecule has 2 aliphatic rings. The fourth-order valence-corrected chi connectivity index (χ4v) is 4.48. The van der Waals surface area contributed by atoms with Crippen molar-refractivity contribution in [2.45, 2.75) is 50.4 Å². The standard InChI is InChI=1S/C23H27NO3/c1-2-26-21(25)16-24-18-12-14-23(15-13-18)20-11-7-6-10-19(20)22(27-23)17-8-4-3-5-9-17/h3-11,18,22,24H,2,12-16H2,1H3/t18?,22-,23?/m1/s1. The number of fused-ring (bicyclic) bond motifs is 2. The van der Waals surface area contributed by atoms with Gasteiger partial charge in [-0.1, -0.05) is 54.6 Å². The summed E-state index contributed by atoms with van der Waals surface area (Å²) in [5.41, 5.74) is 3.63. The Morgan fingerprint density at radius 3 is 2.56 bits per heavy atom. The molecule has 142 valence electrons. The second-order valence-corrected chi connectivity index (χ2v) is 7.45. The van der Waals surface area contributed by atoms with Gasteiger partial charge in [0.1, 0.15) is 6.10 Å². The topological polar surface area (TPSA) is 47.6 Å². The minimum atomic E-state index is -0.209. The van der Waals surface area contributed by atoms with Crippen molar-refractivity contribution in [1.29, 1.82) is 0 Å². The average Bonchev–Trinajstić information content (AvgIpc) is 3.03. The van der Waals surface area contributed by atoms with Crippen molar-refractivity contribution >= 4 is 5.97 Å². The Balaban J connectivity index is 1.48. The molecule has 0 amide bonds. The summed E-state index contributed by atoms with van der Waals surface area (Å²) in [5.74, 6) is -0.176. The van der Waals surface area contributed by atoms with E-state index in [-0.39, 0.29) is 24.2 Å². The summed E-state index contributed by atoms with van der Waals surface area (Å²) in [6.45, 7) is 2.55. The van der Waals surface area contributed by atoms with Crippen molar-refractivity contribution in [3.63, 3.8) is 0 Å². The molecule has 4 rings (SSSR count). The molecule has 2 aromatic carbocycles. The Morgan fingerprint density at radius 2 is 1.81 bits per heavy atom. The highest BCUT2D eigenvalue weighted by atomic mass is 16.5. The highest BCUT2D eigenvalue weighted by Crippen LogP contribution is 2.52. The normalized spacial score (nSPS) is 26.7. The first-order valence-corrected chi connectivity index (χ1v) is 9.93. The summed E-state index contributed by atoms with van der Waals surface area (Å²) < 4.78 is 11.7. The Morgan fingerprint density at radius 1 is 1.11 bits per heavy atom. The van der Waals surface area contributed by atoms with Crippen LogP contribution < -0.4 is 5.32 Å². The van der Waals surface area contributed by atoms with E-state index in [9.17, 15) is 4.79 Å². The van der Waals surface area contributed by atoms with E-state index >= 15 is 0 Å². The number of benzene rings is 2. The monoisotopic (exact) mass is 365 g/mol. The molecular weight excluding hydrogens is 338 g/mol. The zero-order chi connectivity index (χ0) is 18.7. The van der Waals surface area contributed by atoms with E-state index in [1.54, 1.807) is 0 Å². The molecule has 1 atom stereocenters. The lowest BCUT2D eigenvalue weighted by Crippen LogP contribution is -2.41. The smallest absolute Gasteiger partial charge is 0.319 e. The van der Waals surface area contributed by atoms with Gasteiger partial charge >= 0.3 is 5.97 Å². The van der Waals surface area contributed by atoms with Gasteiger partial charge in [-0.3, -0.25) is 4.79 Å². The molecule has 0 radical (unpaired) electrons. The molecule has 1 fully saturated rings. The van der Waals surface area contributed by atoms with Gasteiger partial charge in [-0.25, -0.2) is 0 Å². The molecular formula is C23H27NO3. The molecule has 4 heteroatoms. The van der Waals surface area contributed by atoms with Gasteiger partial charge in [0.2, 0.25) is 0 Å². The lowest BCUT2D eigenvalue weighted by molar-refractivity contribution is -0.142. The summed E-state index contributed by atoms with van der Waals surface area (Å²) in [4.78, 5) is 11.6. The molecule has 4 nitrogen and oxygen atoms in total. The maximum absolute atomic E-state index is 11.6. The quantitative estimate of drug-likeness (QED) is 0.811. The van der Waals surface area contributed by atoms with Gasteiger partial charge in [-0.05, 0) is 49.3 Å². The van der Waals surface area contributed by atoms with E-state index in [1.807, 2.05) is 13.0 Å². The molecule has 1 aliphatic carbocycles. The van der Waals surface area contributed by atoms with Gasteiger partial charge in [0.15, 0.2) is 0 Å². The van der Waals surface area contributed by atoms with Crippen LogP contribution >= 0.6 is 0 Å². The molecule has 1 spiro atoms. The molecule has 2 aromatic rings. The highest BCUT2D eigenvalue weighted by Gasteiger charge is 2.47. The van der Waals surface area contributed by atoms with Gasteiger partial charge in [0, 0.05) is 6.04 Å². The van der Waals surface area contributed by atoms with E-state index in [0.717, 1.165) is 25.7 Å². The van der Waals surface area contributed by atoms with Crippen molar-refractivity contribution in [1.82, 2.24) is 5.32 Å². The number of carbonyl (C=O) groups excluding carboxylic acids is 1. The second kappa shape index (κ2) is 7.83. The highest BCUT2D eigenvalue weighted by molar-refractivity contribution is 5.71. The van der Waals surface area contributed by atoms with Crippen molar-refractivity contribution < 1.29 is 14.3 Å². The van der Waals surface area contributed by atoms with Crippen molar-refractivity contribution in [3.8, 4) is 0 Å². The predicted molar refractivity (Wildman–Crippen MR) is 104 cm³/mol. The Kier molecular flexibility index (Phi) is 5.28. The zero-order valence-electron chi connectivity index (χ0n) is 15.8. The third kappa shape index (κ3) is 3.64. The van der Waals surface area contributed by atoms with Crippen LogP contribution in [0.4, 0.5) is 0 Å². The largest absolute Gasteiger partial charge is 0.465 e.